The molecule has 0 aliphatic rings. The molecule has 0 aromatic heterocycles. The van der Waals surface area contributed by atoms with Crippen LogP contribution in [-0.2, 0) is 19.1 Å². The van der Waals surface area contributed by atoms with Crippen LogP contribution in [0.5, 0.6) is 0 Å². The Morgan fingerprint density at radius 1 is 0.479 bits per heavy atom. The minimum Gasteiger partial charge on any atom is -0.465 e. The Morgan fingerprint density at radius 2 is 0.854 bits per heavy atom. The molecular formula is C43H85NO4. The summed E-state index contributed by atoms with van der Waals surface area (Å²) >= 11 is 0. The van der Waals surface area contributed by atoms with Crippen molar-refractivity contribution in [2.75, 3.05) is 27.2 Å². The first-order chi connectivity index (χ1) is 23.4. The van der Waals surface area contributed by atoms with E-state index in [1.807, 2.05) is 14.1 Å². The molecule has 0 amide bonds. The van der Waals surface area contributed by atoms with E-state index in [9.17, 15) is 9.59 Å². The van der Waals surface area contributed by atoms with Crippen LogP contribution in [0.15, 0.2) is 0 Å². The molecule has 0 radical (unpaired) electrons. The second-order valence-corrected chi connectivity index (χ2v) is 15.2. The third-order valence-electron chi connectivity index (χ3n) is 9.97. The van der Waals surface area contributed by atoms with Crippen molar-refractivity contribution in [2.24, 2.45) is 5.92 Å². The number of unbranched alkanes of at least 4 members (excludes halogenated alkanes) is 22. The van der Waals surface area contributed by atoms with Crippen LogP contribution in [0.2, 0.25) is 0 Å². The summed E-state index contributed by atoms with van der Waals surface area (Å²) in [7, 11) is 4.09. The SMILES string of the molecule is CCCCCCCCCCCCOC(=O)C(CCCCCCCCCC)CCCCCC(CCCCCCC)OC(=O)CCCN(C)C. The summed E-state index contributed by atoms with van der Waals surface area (Å²) in [5, 5.41) is 0. The van der Waals surface area contributed by atoms with Crippen LogP contribution in [-0.4, -0.2) is 50.2 Å². The molecule has 0 rings (SSSR count). The normalized spacial score (nSPS) is 12.8. The van der Waals surface area contributed by atoms with Gasteiger partial charge in [-0.15, -0.1) is 0 Å². The second-order valence-electron chi connectivity index (χ2n) is 15.2. The average molecular weight is 680 g/mol. The van der Waals surface area contributed by atoms with Crippen molar-refractivity contribution in [3.8, 4) is 0 Å². The number of carbonyl (C=O) groups excluding carboxylic acids is 2. The molecule has 0 heterocycles. The molecule has 0 N–H and O–H groups in total. The van der Waals surface area contributed by atoms with Crippen LogP contribution in [0.1, 0.15) is 226 Å². The van der Waals surface area contributed by atoms with E-state index in [4.69, 9.17) is 9.47 Å². The van der Waals surface area contributed by atoms with E-state index in [-0.39, 0.29) is 24.0 Å². The van der Waals surface area contributed by atoms with Crippen LogP contribution in [0, 0.1) is 5.92 Å². The Bertz CT molecular complexity index is 682. The summed E-state index contributed by atoms with van der Waals surface area (Å²) in [4.78, 5) is 27.9. The van der Waals surface area contributed by atoms with Crippen LogP contribution < -0.4 is 0 Å². The maximum Gasteiger partial charge on any atom is 0.308 e. The lowest BCUT2D eigenvalue weighted by molar-refractivity contribution is -0.150. The molecule has 0 aliphatic heterocycles. The minimum absolute atomic E-state index is 0.0361. The van der Waals surface area contributed by atoms with Crippen molar-refractivity contribution in [1.82, 2.24) is 4.90 Å². The molecule has 0 spiro atoms. The number of carbonyl (C=O) groups is 2. The zero-order valence-corrected chi connectivity index (χ0v) is 33.3. The fourth-order valence-corrected chi connectivity index (χ4v) is 6.75. The number of nitrogens with zero attached hydrogens (tertiary/aromatic N) is 1. The molecule has 2 atom stereocenters. The van der Waals surface area contributed by atoms with Gasteiger partial charge < -0.3 is 14.4 Å². The van der Waals surface area contributed by atoms with Gasteiger partial charge in [0.25, 0.3) is 0 Å². The summed E-state index contributed by atoms with van der Waals surface area (Å²) < 4.78 is 11.8. The molecule has 48 heavy (non-hydrogen) atoms. The number of hydrogen-bond acceptors (Lipinski definition) is 5. The van der Waals surface area contributed by atoms with Crippen LogP contribution in [0.25, 0.3) is 0 Å². The van der Waals surface area contributed by atoms with Crippen molar-refractivity contribution < 1.29 is 19.1 Å². The summed E-state index contributed by atoms with van der Waals surface area (Å²) in [5.41, 5.74) is 0. The van der Waals surface area contributed by atoms with Gasteiger partial charge in [0.2, 0.25) is 0 Å². The molecular weight excluding hydrogens is 594 g/mol. The van der Waals surface area contributed by atoms with Gasteiger partial charge in [-0.3, -0.25) is 9.59 Å². The van der Waals surface area contributed by atoms with Gasteiger partial charge in [0.05, 0.1) is 12.5 Å². The number of hydrogen-bond donors (Lipinski definition) is 0. The highest BCUT2D eigenvalue weighted by Crippen LogP contribution is 2.23. The highest BCUT2D eigenvalue weighted by atomic mass is 16.5. The summed E-state index contributed by atoms with van der Waals surface area (Å²) in [5.74, 6) is 0.0496. The van der Waals surface area contributed by atoms with E-state index in [1.54, 1.807) is 0 Å². The van der Waals surface area contributed by atoms with E-state index in [1.165, 1.54) is 128 Å². The lowest BCUT2D eigenvalue weighted by atomic mass is 9.93. The smallest absolute Gasteiger partial charge is 0.308 e. The first-order valence-corrected chi connectivity index (χ1v) is 21.4. The first-order valence-electron chi connectivity index (χ1n) is 21.4. The van der Waals surface area contributed by atoms with Crippen molar-refractivity contribution in [2.45, 2.75) is 232 Å². The van der Waals surface area contributed by atoms with Gasteiger partial charge in [0.15, 0.2) is 0 Å². The molecule has 5 nitrogen and oxygen atoms in total. The standard InChI is InChI=1S/C43H85NO4/c1-6-9-12-15-17-19-20-22-25-31-39-47-43(46)40(33-27-24-21-18-16-13-10-7-2)34-28-26-30-36-41(35-29-23-14-11-8-3)48-42(45)37-32-38-44(4)5/h40-41H,6-39H2,1-5H3. The molecule has 0 aliphatic carbocycles. The van der Waals surface area contributed by atoms with Gasteiger partial charge in [-0.1, -0.05) is 168 Å². The van der Waals surface area contributed by atoms with Gasteiger partial charge in [-0.2, -0.15) is 0 Å². The predicted octanol–water partition coefficient (Wildman–Crippen LogP) is 13.2. The van der Waals surface area contributed by atoms with Gasteiger partial charge in [0.1, 0.15) is 6.10 Å². The maximum absolute atomic E-state index is 13.2. The summed E-state index contributed by atoms with van der Waals surface area (Å²) in [6.45, 7) is 8.29. The highest BCUT2D eigenvalue weighted by molar-refractivity contribution is 5.72. The monoisotopic (exact) mass is 680 g/mol. The third kappa shape index (κ3) is 33.4. The summed E-state index contributed by atoms with van der Waals surface area (Å²) in [6.07, 6.45) is 37.9. The fourth-order valence-electron chi connectivity index (χ4n) is 6.75. The molecule has 2 unspecified atom stereocenters. The van der Waals surface area contributed by atoms with E-state index >= 15 is 0 Å². The Hall–Kier alpha value is -1.10. The van der Waals surface area contributed by atoms with Crippen molar-refractivity contribution in [1.29, 1.82) is 0 Å². The predicted molar refractivity (Wildman–Crippen MR) is 208 cm³/mol. The molecule has 0 fully saturated rings. The van der Waals surface area contributed by atoms with Crippen LogP contribution in [0.3, 0.4) is 0 Å². The van der Waals surface area contributed by atoms with Crippen molar-refractivity contribution >= 4 is 11.9 Å². The van der Waals surface area contributed by atoms with E-state index in [0.29, 0.717) is 13.0 Å². The van der Waals surface area contributed by atoms with Gasteiger partial charge >= 0.3 is 11.9 Å². The molecule has 0 saturated heterocycles. The highest BCUT2D eigenvalue weighted by Gasteiger charge is 2.20. The van der Waals surface area contributed by atoms with E-state index in [2.05, 4.69) is 25.7 Å². The lowest BCUT2D eigenvalue weighted by Crippen LogP contribution is -2.20. The van der Waals surface area contributed by atoms with Crippen LogP contribution >= 0.6 is 0 Å². The zero-order valence-electron chi connectivity index (χ0n) is 33.3. The van der Waals surface area contributed by atoms with Gasteiger partial charge in [0, 0.05) is 6.42 Å². The van der Waals surface area contributed by atoms with Crippen molar-refractivity contribution in [3.63, 3.8) is 0 Å². The topological polar surface area (TPSA) is 55.8 Å². The van der Waals surface area contributed by atoms with E-state index in [0.717, 1.165) is 77.2 Å². The molecule has 0 aromatic carbocycles. The average Bonchev–Trinajstić information content (AvgIpc) is 3.06. The molecule has 0 saturated carbocycles. The third-order valence-corrected chi connectivity index (χ3v) is 9.97. The minimum atomic E-state index is -0.0361. The molecule has 0 aromatic rings. The second kappa shape index (κ2) is 37.2. The van der Waals surface area contributed by atoms with Gasteiger partial charge in [-0.25, -0.2) is 0 Å². The fraction of sp³-hybridized carbons (Fsp3) is 0.953. The zero-order chi connectivity index (χ0) is 35.3. The quantitative estimate of drug-likeness (QED) is 0.0480. The molecule has 0 bridgehead atoms. The number of ether oxygens (including phenoxy) is 2. The Morgan fingerprint density at radius 3 is 1.29 bits per heavy atom. The number of esters is 2. The summed E-state index contributed by atoms with van der Waals surface area (Å²) in [6, 6.07) is 0. The van der Waals surface area contributed by atoms with Crippen molar-refractivity contribution in [3.05, 3.63) is 0 Å². The molecule has 5 heteroatoms. The Kier molecular flexibility index (Phi) is 36.3. The lowest BCUT2D eigenvalue weighted by Gasteiger charge is -2.19. The first kappa shape index (κ1) is 46.9. The van der Waals surface area contributed by atoms with Gasteiger partial charge in [-0.05, 0) is 72.0 Å². The molecule has 286 valence electrons. The maximum atomic E-state index is 13.2. The van der Waals surface area contributed by atoms with E-state index < -0.39 is 0 Å². The Labute approximate surface area is 300 Å². The van der Waals surface area contributed by atoms with Crippen LogP contribution in [0.4, 0.5) is 0 Å². The number of rotatable bonds is 38. The Balaban J connectivity index is 4.61. The largest absolute Gasteiger partial charge is 0.465 e.